The lowest BCUT2D eigenvalue weighted by Crippen LogP contribution is -2.59. The van der Waals surface area contributed by atoms with E-state index in [0.717, 1.165) is 11.9 Å². The molecule has 38 heavy (non-hydrogen) atoms. The number of alkyl halides is 3. The molecule has 4 rings (SSSR count). The van der Waals surface area contributed by atoms with Crippen molar-refractivity contribution in [1.29, 1.82) is 0 Å². The van der Waals surface area contributed by atoms with Gasteiger partial charge in [0.05, 0.1) is 15.8 Å². The summed E-state index contributed by atoms with van der Waals surface area (Å²) in [6.45, 7) is 10.9. The molecule has 0 N–H and O–H groups in total. The van der Waals surface area contributed by atoms with Crippen LogP contribution in [0.4, 0.5) is 23.8 Å². The minimum Gasteiger partial charge on any atom is -0.444 e. The minimum atomic E-state index is -4.88. The lowest BCUT2D eigenvalue weighted by atomic mass is 10.1. The van der Waals surface area contributed by atoms with Crippen LogP contribution in [0.1, 0.15) is 45.7 Å². The van der Waals surface area contributed by atoms with E-state index in [4.69, 9.17) is 4.74 Å². The second-order valence-corrected chi connectivity index (χ2v) is 12.3. The van der Waals surface area contributed by atoms with Crippen molar-refractivity contribution < 1.29 is 31.1 Å². The first-order chi connectivity index (χ1) is 17.5. The van der Waals surface area contributed by atoms with E-state index in [9.17, 15) is 26.4 Å². The minimum absolute atomic E-state index is 0.0524. The molecule has 2 atom stereocenters. The van der Waals surface area contributed by atoms with Crippen molar-refractivity contribution in [1.82, 2.24) is 18.8 Å². The molecule has 0 saturated carbocycles. The molecule has 0 aliphatic carbocycles. The van der Waals surface area contributed by atoms with E-state index in [0.29, 0.717) is 10.2 Å². The third kappa shape index (κ3) is 5.16. The van der Waals surface area contributed by atoms with Crippen LogP contribution in [-0.4, -0.2) is 64.1 Å². The highest BCUT2D eigenvalue weighted by Crippen LogP contribution is 2.41. The standard InChI is InChI=1S/C25H30F3N5O4S/c1-15-7-9-18(10-8-15)38(35,36)33-13-19(25(26,27)28)20-21(29-14-30-22(20)33)31-11-17(3)32(12-16(31)2)23(34)37-24(4,5)6/h7-10,13-14,16-17H,11-12H2,1-6H3/t16-,17+/m1/s1. The number of carbonyl (C=O) groups excluding carboxylic acids is 1. The van der Waals surface area contributed by atoms with Gasteiger partial charge in [0.25, 0.3) is 10.0 Å². The average Bonchev–Trinajstić information content (AvgIpc) is 3.21. The maximum absolute atomic E-state index is 14.3. The molecular formula is C25H30F3N5O4S. The van der Waals surface area contributed by atoms with Gasteiger partial charge in [-0.2, -0.15) is 13.2 Å². The van der Waals surface area contributed by atoms with Gasteiger partial charge >= 0.3 is 12.3 Å². The SMILES string of the molecule is Cc1ccc(S(=O)(=O)n2cc(C(F)(F)F)c3c(N4C[C@H](C)N(C(=O)OC(C)(C)C)C[C@H]4C)ncnc32)cc1. The van der Waals surface area contributed by atoms with E-state index in [2.05, 4.69) is 9.97 Å². The third-order valence-corrected chi connectivity index (χ3v) is 7.97. The van der Waals surface area contributed by atoms with Crippen molar-refractivity contribution in [3.8, 4) is 0 Å². The summed E-state index contributed by atoms with van der Waals surface area (Å²) < 4.78 is 75.7. The fourth-order valence-electron chi connectivity index (χ4n) is 4.45. The molecule has 0 unspecified atom stereocenters. The highest BCUT2D eigenvalue weighted by molar-refractivity contribution is 7.90. The molecule has 0 radical (unpaired) electrons. The Hall–Kier alpha value is -3.35. The van der Waals surface area contributed by atoms with E-state index >= 15 is 0 Å². The van der Waals surface area contributed by atoms with Gasteiger partial charge in [-0.15, -0.1) is 0 Å². The van der Waals surface area contributed by atoms with Crippen molar-refractivity contribution in [2.24, 2.45) is 0 Å². The fourth-order valence-corrected chi connectivity index (χ4v) is 5.77. The second kappa shape index (κ2) is 9.44. The topological polar surface area (TPSA) is 97.6 Å². The molecule has 13 heteroatoms. The van der Waals surface area contributed by atoms with Crippen LogP contribution in [0.5, 0.6) is 0 Å². The van der Waals surface area contributed by atoms with Gasteiger partial charge in [-0.05, 0) is 53.7 Å². The summed E-state index contributed by atoms with van der Waals surface area (Å²) in [5.74, 6) is -0.0524. The normalized spacial score (nSPS) is 19.2. The van der Waals surface area contributed by atoms with Gasteiger partial charge in [0, 0.05) is 31.4 Å². The van der Waals surface area contributed by atoms with Crippen LogP contribution in [-0.2, 0) is 20.9 Å². The summed E-state index contributed by atoms with van der Waals surface area (Å²) in [5.41, 5.74) is -1.44. The predicted molar refractivity (Wildman–Crippen MR) is 136 cm³/mol. The highest BCUT2D eigenvalue weighted by atomic mass is 32.2. The Morgan fingerprint density at radius 3 is 2.24 bits per heavy atom. The van der Waals surface area contributed by atoms with E-state index in [1.807, 2.05) is 0 Å². The molecule has 1 aromatic carbocycles. The van der Waals surface area contributed by atoms with E-state index in [1.165, 1.54) is 17.0 Å². The number of halogens is 3. The molecule has 3 aromatic rings. The van der Waals surface area contributed by atoms with Gasteiger partial charge in [-0.25, -0.2) is 27.2 Å². The van der Waals surface area contributed by atoms with Gasteiger partial charge in [-0.1, -0.05) is 17.7 Å². The first-order valence-corrected chi connectivity index (χ1v) is 13.5. The summed E-state index contributed by atoms with van der Waals surface area (Å²) in [6, 6.07) is 4.94. The van der Waals surface area contributed by atoms with Gasteiger partial charge < -0.3 is 14.5 Å². The van der Waals surface area contributed by atoms with Gasteiger partial charge in [-0.3, -0.25) is 0 Å². The molecular weight excluding hydrogens is 523 g/mol. The average molecular weight is 554 g/mol. The highest BCUT2D eigenvalue weighted by Gasteiger charge is 2.41. The Balaban J connectivity index is 1.82. The zero-order valence-electron chi connectivity index (χ0n) is 21.9. The molecule has 3 heterocycles. The Kier molecular flexibility index (Phi) is 6.87. The number of amides is 1. The molecule has 1 fully saturated rings. The number of hydrogen-bond donors (Lipinski definition) is 0. The lowest BCUT2D eigenvalue weighted by molar-refractivity contribution is -0.136. The number of benzene rings is 1. The van der Waals surface area contributed by atoms with Crippen LogP contribution in [0.2, 0.25) is 0 Å². The number of rotatable bonds is 3. The van der Waals surface area contributed by atoms with Gasteiger partial charge in [0.2, 0.25) is 0 Å². The largest absolute Gasteiger partial charge is 0.444 e. The number of piperazine rings is 1. The fraction of sp³-hybridized carbons (Fsp3) is 0.480. The first kappa shape index (κ1) is 27.7. The molecule has 1 saturated heterocycles. The van der Waals surface area contributed by atoms with E-state index in [-0.39, 0.29) is 29.5 Å². The van der Waals surface area contributed by atoms with Crippen molar-refractivity contribution in [3.63, 3.8) is 0 Å². The number of anilines is 1. The van der Waals surface area contributed by atoms with Crippen LogP contribution in [0.25, 0.3) is 11.0 Å². The van der Waals surface area contributed by atoms with Crippen molar-refractivity contribution in [2.45, 2.75) is 70.3 Å². The number of ether oxygens (including phenoxy) is 1. The van der Waals surface area contributed by atoms with Crippen LogP contribution in [0.15, 0.2) is 41.7 Å². The quantitative estimate of drug-likeness (QED) is 0.458. The van der Waals surface area contributed by atoms with Gasteiger partial charge in [0.15, 0.2) is 5.65 Å². The summed E-state index contributed by atoms with van der Waals surface area (Å²) >= 11 is 0. The molecule has 0 bridgehead atoms. The molecule has 1 aliphatic rings. The smallest absolute Gasteiger partial charge is 0.418 e. The molecule has 2 aromatic heterocycles. The Morgan fingerprint density at radius 2 is 1.66 bits per heavy atom. The third-order valence-electron chi connectivity index (χ3n) is 6.30. The number of carbonyl (C=O) groups is 1. The maximum atomic E-state index is 14.3. The summed E-state index contributed by atoms with van der Waals surface area (Å²) in [4.78, 5) is 23.9. The number of hydrogen-bond acceptors (Lipinski definition) is 7. The van der Waals surface area contributed by atoms with Crippen molar-refractivity contribution >= 4 is 33.0 Å². The number of aromatic nitrogens is 3. The lowest BCUT2D eigenvalue weighted by Gasteiger charge is -2.44. The molecule has 9 nitrogen and oxygen atoms in total. The van der Waals surface area contributed by atoms with E-state index in [1.54, 1.807) is 58.6 Å². The first-order valence-electron chi connectivity index (χ1n) is 12.0. The molecule has 1 aliphatic heterocycles. The molecule has 1 amide bonds. The zero-order valence-corrected chi connectivity index (χ0v) is 22.8. The summed E-state index contributed by atoms with van der Waals surface area (Å²) in [7, 11) is -4.39. The Bertz CT molecular complexity index is 1460. The van der Waals surface area contributed by atoms with Crippen LogP contribution < -0.4 is 4.90 Å². The van der Waals surface area contributed by atoms with Crippen LogP contribution >= 0.6 is 0 Å². The number of fused-ring (bicyclic) bond motifs is 1. The summed E-state index contributed by atoms with van der Waals surface area (Å²) in [6.07, 6.45) is -3.78. The maximum Gasteiger partial charge on any atom is 0.418 e. The molecule has 206 valence electrons. The number of aryl methyl sites for hydroxylation is 1. The molecule has 0 spiro atoms. The van der Waals surface area contributed by atoms with Crippen molar-refractivity contribution in [2.75, 3.05) is 18.0 Å². The van der Waals surface area contributed by atoms with Crippen LogP contribution in [0.3, 0.4) is 0 Å². The zero-order chi connectivity index (χ0) is 28.2. The second-order valence-electron chi connectivity index (χ2n) is 10.5. The van der Waals surface area contributed by atoms with Crippen molar-refractivity contribution in [3.05, 3.63) is 47.9 Å². The van der Waals surface area contributed by atoms with Gasteiger partial charge in [0.1, 0.15) is 17.7 Å². The van der Waals surface area contributed by atoms with E-state index < -0.39 is 50.9 Å². The Morgan fingerprint density at radius 1 is 1.03 bits per heavy atom. The number of nitrogens with zero attached hydrogens (tertiary/aromatic N) is 5. The monoisotopic (exact) mass is 553 g/mol. The van der Waals surface area contributed by atoms with Crippen LogP contribution in [0, 0.1) is 6.92 Å². The predicted octanol–water partition coefficient (Wildman–Crippen LogP) is 4.83. The summed E-state index contributed by atoms with van der Waals surface area (Å²) in [5, 5.41) is -0.416. The Labute approximate surface area is 219 Å².